The van der Waals surface area contributed by atoms with Crippen molar-refractivity contribution in [3.63, 3.8) is 0 Å². The predicted molar refractivity (Wildman–Crippen MR) is 118 cm³/mol. The van der Waals surface area contributed by atoms with Crippen LogP contribution < -0.4 is 33.6 Å². The number of nitrogens with two attached hydrogens (primary N) is 4. The van der Waals surface area contributed by atoms with Gasteiger partial charge < -0.3 is 38.6 Å². The largest absolute Gasteiger partial charge is 0.395 e. The molecule has 0 unspecified atom stereocenters. The number of para-hydroxylation sites is 1. The number of rotatable bonds is 11. The Morgan fingerprint density at radius 1 is 1.06 bits per heavy atom. The molecule has 0 saturated carbocycles. The van der Waals surface area contributed by atoms with Gasteiger partial charge in [-0.1, -0.05) is 24.8 Å². The van der Waals surface area contributed by atoms with E-state index in [0.29, 0.717) is 6.42 Å². The zero-order valence-corrected chi connectivity index (χ0v) is 17.1. The van der Waals surface area contributed by atoms with Crippen molar-refractivity contribution in [3.8, 4) is 0 Å². The van der Waals surface area contributed by atoms with Crippen LogP contribution >= 0.6 is 0 Å². The van der Waals surface area contributed by atoms with E-state index in [-0.39, 0.29) is 31.0 Å². The van der Waals surface area contributed by atoms with Crippen LogP contribution in [0.25, 0.3) is 10.9 Å². The summed E-state index contributed by atoms with van der Waals surface area (Å²) in [4.78, 5) is 43.8. The van der Waals surface area contributed by atoms with Crippen LogP contribution in [0.3, 0.4) is 0 Å². The molecular weight excluding hydrogens is 400 g/mol. The van der Waals surface area contributed by atoms with Gasteiger partial charge in [0.25, 0.3) is 5.91 Å². The van der Waals surface area contributed by atoms with E-state index in [0.717, 1.165) is 16.5 Å². The molecule has 0 spiro atoms. The first-order valence-corrected chi connectivity index (χ1v) is 9.64. The first-order valence-electron chi connectivity index (χ1n) is 9.64. The lowest BCUT2D eigenvalue weighted by Gasteiger charge is -2.22. The Balaban J connectivity index is 2.12. The Kier molecular flexibility index (Phi) is 8.01. The summed E-state index contributed by atoms with van der Waals surface area (Å²) >= 11 is 0. The standard InChI is InChI=1S/C20H28N8O3/c1-11(21)18(30)27-15(7-4-8-25-20(23)24)19(31)28-16(17(22)29)9-12-10-26-14-6-3-2-5-13(12)14/h2-3,5-6,10,15-16,26H,1,4,7-9,21H2,(H2,22,29)(H,27,30)(H,28,31)(H4,23,24,25)/t15-,16-/m0/s1. The number of hydrogen-bond donors (Lipinski definition) is 7. The van der Waals surface area contributed by atoms with Crippen molar-refractivity contribution in [3.05, 3.63) is 48.3 Å². The number of nitrogens with zero attached hydrogens (tertiary/aromatic N) is 1. The summed E-state index contributed by atoms with van der Waals surface area (Å²) < 4.78 is 0. The number of nitrogens with one attached hydrogen (secondary N) is 3. The van der Waals surface area contributed by atoms with Crippen LogP contribution in [0.5, 0.6) is 0 Å². The van der Waals surface area contributed by atoms with Crippen molar-refractivity contribution >= 4 is 34.6 Å². The highest BCUT2D eigenvalue weighted by Gasteiger charge is 2.26. The lowest BCUT2D eigenvalue weighted by atomic mass is 10.0. The molecule has 3 amide bonds. The Labute approximate surface area is 179 Å². The van der Waals surface area contributed by atoms with E-state index < -0.39 is 29.8 Å². The van der Waals surface area contributed by atoms with Gasteiger partial charge in [-0.2, -0.15) is 0 Å². The molecule has 2 atom stereocenters. The Hall–Kier alpha value is -4.02. The van der Waals surface area contributed by atoms with Crippen LogP contribution in [0.4, 0.5) is 0 Å². The molecule has 0 fully saturated rings. The molecule has 1 heterocycles. The SMILES string of the molecule is C=C(N)C(=O)N[C@@H](CCCN=C(N)N)C(=O)N[C@@H](Cc1c[nH]c2ccccc12)C(N)=O. The fourth-order valence-electron chi connectivity index (χ4n) is 3.04. The number of primary amides is 1. The zero-order chi connectivity index (χ0) is 23.0. The van der Waals surface area contributed by atoms with E-state index in [1.54, 1.807) is 6.20 Å². The van der Waals surface area contributed by atoms with Crippen LogP contribution in [0, 0.1) is 0 Å². The van der Waals surface area contributed by atoms with E-state index in [1.807, 2.05) is 24.3 Å². The first kappa shape index (κ1) is 23.3. The number of benzene rings is 1. The van der Waals surface area contributed by atoms with Crippen molar-refractivity contribution < 1.29 is 14.4 Å². The lowest BCUT2D eigenvalue weighted by Crippen LogP contribution is -2.54. The average molecular weight is 428 g/mol. The number of amides is 3. The summed E-state index contributed by atoms with van der Waals surface area (Å²) in [6.45, 7) is 3.62. The molecule has 0 bridgehead atoms. The molecular formula is C20H28N8O3. The van der Waals surface area contributed by atoms with Crippen LogP contribution in [0.1, 0.15) is 18.4 Å². The van der Waals surface area contributed by atoms with E-state index in [4.69, 9.17) is 22.9 Å². The minimum atomic E-state index is -0.982. The van der Waals surface area contributed by atoms with Crippen LogP contribution in [-0.4, -0.2) is 47.3 Å². The molecule has 0 saturated heterocycles. The maximum Gasteiger partial charge on any atom is 0.267 e. The highest BCUT2D eigenvalue weighted by atomic mass is 16.2. The third-order valence-electron chi connectivity index (χ3n) is 4.62. The number of aromatic nitrogens is 1. The van der Waals surface area contributed by atoms with Crippen molar-refractivity contribution in [1.82, 2.24) is 15.6 Å². The number of carbonyl (C=O) groups is 3. The Morgan fingerprint density at radius 3 is 2.42 bits per heavy atom. The lowest BCUT2D eigenvalue weighted by molar-refractivity contribution is -0.130. The third kappa shape index (κ3) is 6.77. The molecule has 2 rings (SSSR count). The van der Waals surface area contributed by atoms with Gasteiger partial charge in [-0.05, 0) is 24.5 Å². The average Bonchev–Trinajstić information content (AvgIpc) is 3.12. The molecule has 0 radical (unpaired) electrons. The molecule has 11 N–H and O–H groups in total. The number of aromatic amines is 1. The van der Waals surface area contributed by atoms with E-state index in [2.05, 4.69) is 27.2 Å². The number of carbonyl (C=O) groups excluding carboxylic acids is 3. The second-order valence-electron chi connectivity index (χ2n) is 7.03. The molecule has 0 aliphatic heterocycles. The van der Waals surface area contributed by atoms with Crippen LogP contribution in [0.2, 0.25) is 0 Å². The highest BCUT2D eigenvalue weighted by molar-refractivity contribution is 5.97. The summed E-state index contributed by atoms with van der Waals surface area (Å²) in [6.07, 6.45) is 2.56. The number of hydrogen-bond acceptors (Lipinski definition) is 5. The smallest absolute Gasteiger partial charge is 0.267 e. The second kappa shape index (κ2) is 10.7. The summed E-state index contributed by atoms with van der Waals surface area (Å²) in [5.74, 6) is -2.04. The molecule has 0 aliphatic rings. The van der Waals surface area contributed by atoms with E-state index in [9.17, 15) is 14.4 Å². The van der Waals surface area contributed by atoms with Gasteiger partial charge in [-0.25, -0.2) is 0 Å². The normalized spacial score (nSPS) is 12.5. The maximum atomic E-state index is 12.8. The molecule has 1 aromatic heterocycles. The second-order valence-corrected chi connectivity index (χ2v) is 7.03. The summed E-state index contributed by atoms with van der Waals surface area (Å²) in [5, 5.41) is 6.03. The molecule has 31 heavy (non-hydrogen) atoms. The fourth-order valence-corrected chi connectivity index (χ4v) is 3.04. The maximum absolute atomic E-state index is 12.8. The first-order chi connectivity index (χ1) is 14.7. The van der Waals surface area contributed by atoms with Gasteiger partial charge >= 0.3 is 0 Å². The summed E-state index contributed by atoms with van der Waals surface area (Å²) in [5.41, 5.74) is 23.0. The molecule has 11 nitrogen and oxygen atoms in total. The minimum absolute atomic E-state index is 0.0760. The van der Waals surface area contributed by atoms with Crippen molar-refractivity contribution in [2.45, 2.75) is 31.3 Å². The summed E-state index contributed by atoms with van der Waals surface area (Å²) in [7, 11) is 0. The number of guanidine groups is 1. The predicted octanol–water partition coefficient (Wildman–Crippen LogP) is -1.31. The van der Waals surface area contributed by atoms with E-state index >= 15 is 0 Å². The number of fused-ring (bicyclic) bond motifs is 1. The molecule has 0 aliphatic carbocycles. The Morgan fingerprint density at radius 2 is 1.77 bits per heavy atom. The fraction of sp³-hybridized carbons (Fsp3) is 0.300. The Bertz CT molecular complexity index is 993. The number of H-pyrrole nitrogens is 1. The monoisotopic (exact) mass is 428 g/mol. The van der Waals surface area contributed by atoms with Gasteiger partial charge in [-0.15, -0.1) is 0 Å². The molecule has 1 aromatic carbocycles. The molecule has 166 valence electrons. The van der Waals surface area contributed by atoms with Crippen molar-refractivity contribution in [2.24, 2.45) is 27.9 Å². The van der Waals surface area contributed by atoms with Crippen LogP contribution in [0.15, 0.2) is 47.7 Å². The minimum Gasteiger partial charge on any atom is -0.395 e. The van der Waals surface area contributed by atoms with Gasteiger partial charge in [0.2, 0.25) is 11.8 Å². The quantitative estimate of drug-likeness (QED) is 0.0999. The third-order valence-corrected chi connectivity index (χ3v) is 4.62. The highest BCUT2D eigenvalue weighted by Crippen LogP contribution is 2.19. The van der Waals surface area contributed by atoms with Gasteiger partial charge in [0.15, 0.2) is 5.96 Å². The number of aliphatic imine (C=N–C) groups is 1. The van der Waals surface area contributed by atoms with Crippen molar-refractivity contribution in [1.29, 1.82) is 0 Å². The van der Waals surface area contributed by atoms with Gasteiger partial charge in [0.05, 0.1) is 5.70 Å². The zero-order valence-electron chi connectivity index (χ0n) is 17.1. The molecule has 2 aromatic rings. The van der Waals surface area contributed by atoms with Crippen LogP contribution in [-0.2, 0) is 20.8 Å². The summed E-state index contributed by atoms with van der Waals surface area (Å²) in [6, 6.07) is 5.60. The topological polar surface area (TPSA) is 208 Å². The van der Waals surface area contributed by atoms with Gasteiger partial charge in [0.1, 0.15) is 12.1 Å². The van der Waals surface area contributed by atoms with E-state index in [1.165, 1.54) is 0 Å². The molecule has 11 heteroatoms. The van der Waals surface area contributed by atoms with Gasteiger partial charge in [-0.3, -0.25) is 19.4 Å². The van der Waals surface area contributed by atoms with Gasteiger partial charge in [0, 0.05) is 30.1 Å². The van der Waals surface area contributed by atoms with Crippen molar-refractivity contribution in [2.75, 3.05) is 6.54 Å².